The number of anilines is 1. The van der Waals surface area contributed by atoms with E-state index in [0.717, 1.165) is 0 Å². The van der Waals surface area contributed by atoms with Gasteiger partial charge in [0.25, 0.3) is 0 Å². The molecular formula is C14H20ClN. The van der Waals surface area contributed by atoms with Crippen LogP contribution in [0, 0.1) is 0 Å². The summed E-state index contributed by atoms with van der Waals surface area (Å²) in [6.07, 6.45) is 6.70. The summed E-state index contributed by atoms with van der Waals surface area (Å²) in [5.74, 6) is 0. The van der Waals surface area contributed by atoms with Gasteiger partial charge >= 0.3 is 0 Å². The second kappa shape index (κ2) is 5.58. The Kier molecular flexibility index (Phi) is 4.11. The second-order valence-corrected chi connectivity index (χ2v) is 5.34. The summed E-state index contributed by atoms with van der Waals surface area (Å²) in [7, 11) is 0. The van der Waals surface area contributed by atoms with Gasteiger partial charge in [0.1, 0.15) is 0 Å². The molecule has 1 aromatic rings. The van der Waals surface area contributed by atoms with Gasteiger partial charge in [0.2, 0.25) is 0 Å². The SMILES string of the molecule is CC(Cl)c1ccccc1NC1CCCCC1. The highest BCUT2D eigenvalue weighted by Crippen LogP contribution is 2.29. The summed E-state index contributed by atoms with van der Waals surface area (Å²) in [6, 6.07) is 9.03. The van der Waals surface area contributed by atoms with E-state index in [-0.39, 0.29) is 5.38 Å². The first kappa shape index (κ1) is 11.8. The van der Waals surface area contributed by atoms with Crippen LogP contribution < -0.4 is 5.32 Å². The zero-order valence-electron chi connectivity index (χ0n) is 9.88. The Hall–Kier alpha value is -0.690. The second-order valence-electron chi connectivity index (χ2n) is 4.68. The highest BCUT2D eigenvalue weighted by molar-refractivity contribution is 6.21. The van der Waals surface area contributed by atoms with E-state index in [0.29, 0.717) is 6.04 Å². The number of nitrogens with one attached hydrogen (secondary N) is 1. The number of alkyl halides is 1. The first-order valence-electron chi connectivity index (χ1n) is 6.27. The first-order chi connectivity index (χ1) is 7.77. The molecule has 0 amide bonds. The molecule has 0 saturated heterocycles. The standard InChI is InChI=1S/C14H20ClN/c1-11(15)13-9-5-6-10-14(13)16-12-7-3-2-4-8-12/h5-6,9-12,16H,2-4,7-8H2,1H3. The molecule has 1 aliphatic carbocycles. The van der Waals surface area contributed by atoms with E-state index in [1.807, 2.05) is 6.92 Å². The van der Waals surface area contributed by atoms with Gasteiger partial charge in [0.15, 0.2) is 0 Å². The van der Waals surface area contributed by atoms with Gasteiger partial charge in [-0.25, -0.2) is 0 Å². The third-order valence-corrected chi connectivity index (χ3v) is 3.59. The van der Waals surface area contributed by atoms with E-state index in [2.05, 4.69) is 29.6 Å². The maximum absolute atomic E-state index is 6.19. The third kappa shape index (κ3) is 2.91. The van der Waals surface area contributed by atoms with Crippen molar-refractivity contribution >= 4 is 17.3 Å². The molecule has 0 radical (unpaired) electrons. The minimum Gasteiger partial charge on any atom is -0.382 e. The average molecular weight is 238 g/mol. The number of para-hydroxylation sites is 1. The Labute approximate surface area is 103 Å². The van der Waals surface area contributed by atoms with Crippen LogP contribution in [0.1, 0.15) is 50.0 Å². The molecule has 2 heteroatoms. The molecule has 1 atom stereocenters. The normalized spacial score (nSPS) is 19.4. The average Bonchev–Trinajstić information content (AvgIpc) is 2.31. The van der Waals surface area contributed by atoms with Crippen LogP contribution in [0.4, 0.5) is 5.69 Å². The van der Waals surface area contributed by atoms with Crippen LogP contribution in [0.25, 0.3) is 0 Å². The Morgan fingerprint density at radius 3 is 2.56 bits per heavy atom. The summed E-state index contributed by atoms with van der Waals surface area (Å²) >= 11 is 6.19. The molecule has 16 heavy (non-hydrogen) atoms. The zero-order valence-corrected chi connectivity index (χ0v) is 10.6. The molecule has 1 aromatic carbocycles. The van der Waals surface area contributed by atoms with Crippen molar-refractivity contribution in [1.82, 2.24) is 0 Å². The summed E-state index contributed by atoms with van der Waals surface area (Å²) in [5.41, 5.74) is 2.44. The van der Waals surface area contributed by atoms with Gasteiger partial charge in [0, 0.05) is 11.7 Å². The number of hydrogen-bond acceptors (Lipinski definition) is 1. The van der Waals surface area contributed by atoms with Gasteiger partial charge in [-0.15, -0.1) is 11.6 Å². The molecule has 1 saturated carbocycles. The molecule has 0 heterocycles. The molecular weight excluding hydrogens is 218 g/mol. The molecule has 1 nitrogen and oxygen atoms in total. The number of halogens is 1. The van der Waals surface area contributed by atoms with Crippen LogP contribution in [0.5, 0.6) is 0 Å². The van der Waals surface area contributed by atoms with E-state index in [4.69, 9.17) is 11.6 Å². The third-order valence-electron chi connectivity index (χ3n) is 3.35. The lowest BCUT2D eigenvalue weighted by Gasteiger charge is -2.25. The van der Waals surface area contributed by atoms with E-state index >= 15 is 0 Å². The highest BCUT2D eigenvalue weighted by atomic mass is 35.5. The summed E-state index contributed by atoms with van der Waals surface area (Å²) in [6.45, 7) is 2.03. The summed E-state index contributed by atoms with van der Waals surface area (Å²) < 4.78 is 0. The summed E-state index contributed by atoms with van der Waals surface area (Å²) in [5, 5.41) is 3.72. The lowest BCUT2D eigenvalue weighted by atomic mass is 9.95. The predicted molar refractivity (Wildman–Crippen MR) is 71.2 cm³/mol. The van der Waals surface area contributed by atoms with Crippen LogP contribution in [0.3, 0.4) is 0 Å². The fraction of sp³-hybridized carbons (Fsp3) is 0.571. The van der Waals surface area contributed by atoms with Crippen molar-refractivity contribution in [3.05, 3.63) is 29.8 Å². The Bertz CT molecular complexity index is 329. The number of hydrogen-bond donors (Lipinski definition) is 1. The van der Waals surface area contributed by atoms with Crippen molar-refractivity contribution in [2.24, 2.45) is 0 Å². The minimum absolute atomic E-state index is 0.0762. The van der Waals surface area contributed by atoms with E-state index in [9.17, 15) is 0 Å². The molecule has 2 rings (SSSR count). The van der Waals surface area contributed by atoms with Crippen LogP contribution in [-0.4, -0.2) is 6.04 Å². The molecule has 1 fully saturated rings. The van der Waals surface area contributed by atoms with Crippen LogP contribution in [0.2, 0.25) is 0 Å². The van der Waals surface area contributed by atoms with Crippen molar-refractivity contribution in [1.29, 1.82) is 0 Å². The quantitative estimate of drug-likeness (QED) is 0.750. The monoisotopic (exact) mass is 237 g/mol. The van der Waals surface area contributed by atoms with Crippen molar-refractivity contribution in [2.75, 3.05) is 5.32 Å². The van der Waals surface area contributed by atoms with Gasteiger partial charge in [-0.3, -0.25) is 0 Å². The van der Waals surface area contributed by atoms with Crippen molar-refractivity contribution in [3.63, 3.8) is 0 Å². The zero-order chi connectivity index (χ0) is 11.4. The van der Waals surface area contributed by atoms with Crippen molar-refractivity contribution < 1.29 is 0 Å². The smallest absolute Gasteiger partial charge is 0.0577 e. The van der Waals surface area contributed by atoms with Gasteiger partial charge < -0.3 is 5.32 Å². The molecule has 0 bridgehead atoms. The largest absolute Gasteiger partial charge is 0.382 e. The lowest BCUT2D eigenvalue weighted by Crippen LogP contribution is -2.22. The van der Waals surface area contributed by atoms with E-state index in [1.165, 1.54) is 43.4 Å². The maximum atomic E-state index is 6.19. The Balaban J connectivity index is 2.07. The van der Waals surface area contributed by atoms with Gasteiger partial charge in [-0.1, -0.05) is 37.5 Å². The maximum Gasteiger partial charge on any atom is 0.0577 e. The van der Waals surface area contributed by atoms with Gasteiger partial charge in [0.05, 0.1) is 5.38 Å². The van der Waals surface area contributed by atoms with Gasteiger partial charge in [-0.2, -0.15) is 0 Å². The number of rotatable bonds is 3. The highest BCUT2D eigenvalue weighted by Gasteiger charge is 2.15. The summed E-state index contributed by atoms with van der Waals surface area (Å²) in [4.78, 5) is 0. The fourth-order valence-electron chi connectivity index (χ4n) is 2.44. The van der Waals surface area contributed by atoms with E-state index in [1.54, 1.807) is 0 Å². The Morgan fingerprint density at radius 1 is 1.19 bits per heavy atom. The van der Waals surface area contributed by atoms with Gasteiger partial charge in [-0.05, 0) is 31.4 Å². The predicted octanol–water partition coefficient (Wildman–Crippen LogP) is 4.73. The molecule has 88 valence electrons. The molecule has 0 aliphatic heterocycles. The molecule has 1 unspecified atom stereocenters. The van der Waals surface area contributed by atoms with Crippen LogP contribution in [-0.2, 0) is 0 Å². The van der Waals surface area contributed by atoms with Crippen LogP contribution >= 0.6 is 11.6 Å². The van der Waals surface area contributed by atoms with E-state index < -0.39 is 0 Å². The molecule has 1 N–H and O–H groups in total. The number of benzene rings is 1. The minimum atomic E-state index is 0.0762. The Morgan fingerprint density at radius 2 is 1.88 bits per heavy atom. The lowest BCUT2D eigenvalue weighted by molar-refractivity contribution is 0.462. The molecule has 1 aliphatic rings. The molecule has 0 spiro atoms. The van der Waals surface area contributed by atoms with Crippen LogP contribution in [0.15, 0.2) is 24.3 Å². The molecule has 0 aromatic heterocycles. The first-order valence-corrected chi connectivity index (χ1v) is 6.70. The topological polar surface area (TPSA) is 12.0 Å². The van der Waals surface area contributed by atoms with Crippen molar-refractivity contribution in [2.45, 2.75) is 50.4 Å². The van der Waals surface area contributed by atoms with Crippen molar-refractivity contribution in [3.8, 4) is 0 Å². The fourth-order valence-corrected chi connectivity index (χ4v) is 2.63.